The minimum absolute atomic E-state index is 0.203. The Labute approximate surface area is 208 Å². The first-order chi connectivity index (χ1) is 17.0. The molecule has 35 heavy (non-hydrogen) atoms. The fourth-order valence-corrected chi connectivity index (χ4v) is 4.28. The molecular weight excluding hydrogens is 471 g/mol. The second kappa shape index (κ2) is 11.9. The molecule has 1 aromatic heterocycles. The first kappa shape index (κ1) is 24.8. The summed E-state index contributed by atoms with van der Waals surface area (Å²) < 4.78 is 18.9. The minimum Gasteiger partial charge on any atom is -0.468 e. The molecule has 0 unspecified atom stereocenters. The normalized spacial score (nSPS) is 15.0. The van der Waals surface area contributed by atoms with Crippen molar-refractivity contribution in [2.24, 2.45) is 0 Å². The molecule has 1 fully saturated rings. The van der Waals surface area contributed by atoms with Gasteiger partial charge in [-0.25, -0.2) is 4.39 Å². The van der Waals surface area contributed by atoms with Gasteiger partial charge in [-0.05, 0) is 60.5 Å². The van der Waals surface area contributed by atoms with Crippen molar-refractivity contribution >= 4 is 29.1 Å². The van der Waals surface area contributed by atoms with Gasteiger partial charge in [-0.2, -0.15) is 0 Å². The number of halogens is 2. The molecule has 1 saturated heterocycles. The van der Waals surface area contributed by atoms with Crippen molar-refractivity contribution in [1.29, 1.82) is 0 Å². The number of nitrogens with one attached hydrogen (secondary N) is 2. The first-order valence-electron chi connectivity index (χ1n) is 11.6. The molecule has 1 atom stereocenters. The van der Waals surface area contributed by atoms with E-state index >= 15 is 0 Å². The van der Waals surface area contributed by atoms with Crippen LogP contribution in [0.4, 0.5) is 10.1 Å². The highest BCUT2D eigenvalue weighted by molar-refractivity contribution is 6.35. The van der Waals surface area contributed by atoms with Gasteiger partial charge in [-0.1, -0.05) is 23.7 Å². The van der Waals surface area contributed by atoms with Crippen LogP contribution >= 0.6 is 11.6 Å². The molecular formula is C26H28ClFN4O3. The molecule has 0 radical (unpaired) electrons. The van der Waals surface area contributed by atoms with Gasteiger partial charge >= 0.3 is 11.8 Å². The SMILES string of the molecule is O=C(NCCc1ccc(Cl)cc1)C(=O)NC[C@@H](c1ccco1)N1CCN(c2ccc(F)cc2)CC1. The van der Waals surface area contributed by atoms with Gasteiger partial charge in [0.05, 0.1) is 12.3 Å². The monoisotopic (exact) mass is 498 g/mol. The number of piperazine rings is 1. The third-order valence-corrected chi connectivity index (χ3v) is 6.35. The van der Waals surface area contributed by atoms with E-state index in [-0.39, 0.29) is 18.4 Å². The highest BCUT2D eigenvalue weighted by Crippen LogP contribution is 2.24. The number of benzene rings is 2. The number of anilines is 1. The molecule has 1 aliphatic heterocycles. The van der Waals surface area contributed by atoms with Crippen LogP contribution in [0.15, 0.2) is 71.3 Å². The van der Waals surface area contributed by atoms with E-state index < -0.39 is 11.8 Å². The predicted octanol–water partition coefficient (Wildman–Crippen LogP) is 3.41. The number of hydrogen-bond acceptors (Lipinski definition) is 5. The maximum absolute atomic E-state index is 13.2. The van der Waals surface area contributed by atoms with Crippen LogP contribution < -0.4 is 15.5 Å². The number of hydrogen-bond donors (Lipinski definition) is 2. The van der Waals surface area contributed by atoms with E-state index in [1.54, 1.807) is 30.5 Å². The van der Waals surface area contributed by atoms with Gasteiger partial charge in [0, 0.05) is 50.0 Å². The van der Waals surface area contributed by atoms with Crippen LogP contribution in [0.3, 0.4) is 0 Å². The molecule has 7 nitrogen and oxygen atoms in total. The smallest absolute Gasteiger partial charge is 0.309 e. The summed E-state index contributed by atoms with van der Waals surface area (Å²) in [7, 11) is 0. The van der Waals surface area contributed by atoms with Gasteiger partial charge in [0.2, 0.25) is 0 Å². The van der Waals surface area contributed by atoms with Gasteiger partial charge < -0.3 is 20.0 Å². The van der Waals surface area contributed by atoms with Crippen molar-refractivity contribution in [3.63, 3.8) is 0 Å². The Morgan fingerprint density at radius 2 is 1.63 bits per heavy atom. The molecule has 0 saturated carbocycles. The second-order valence-corrected chi connectivity index (χ2v) is 8.81. The third kappa shape index (κ3) is 6.83. The maximum Gasteiger partial charge on any atom is 0.309 e. The molecule has 0 spiro atoms. The van der Waals surface area contributed by atoms with E-state index in [1.807, 2.05) is 24.3 Å². The van der Waals surface area contributed by atoms with Crippen molar-refractivity contribution in [2.75, 3.05) is 44.2 Å². The number of amides is 2. The van der Waals surface area contributed by atoms with Gasteiger partial charge in [0.15, 0.2) is 0 Å². The molecule has 2 aromatic carbocycles. The van der Waals surface area contributed by atoms with Gasteiger partial charge in [-0.15, -0.1) is 0 Å². The summed E-state index contributed by atoms with van der Waals surface area (Å²) in [4.78, 5) is 29.1. The number of rotatable bonds is 8. The van der Waals surface area contributed by atoms with E-state index in [4.69, 9.17) is 16.0 Å². The van der Waals surface area contributed by atoms with Crippen LogP contribution in [0.25, 0.3) is 0 Å². The number of carbonyl (C=O) groups excluding carboxylic acids is 2. The lowest BCUT2D eigenvalue weighted by atomic mass is 10.1. The summed E-state index contributed by atoms with van der Waals surface area (Å²) in [5.41, 5.74) is 2.00. The van der Waals surface area contributed by atoms with Crippen molar-refractivity contribution < 1.29 is 18.4 Å². The molecule has 2 N–H and O–H groups in total. The Morgan fingerprint density at radius 1 is 0.943 bits per heavy atom. The zero-order chi connectivity index (χ0) is 24.6. The van der Waals surface area contributed by atoms with Crippen molar-refractivity contribution in [2.45, 2.75) is 12.5 Å². The van der Waals surface area contributed by atoms with Crippen molar-refractivity contribution in [1.82, 2.24) is 15.5 Å². The first-order valence-corrected chi connectivity index (χ1v) is 12.0. The molecule has 4 rings (SSSR count). The summed E-state index contributed by atoms with van der Waals surface area (Å²) in [6, 6.07) is 17.3. The number of nitrogens with zero attached hydrogens (tertiary/aromatic N) is 2. The van der Waals surface area contributed by atoms with Crippen molar-refractivity contribution in [3.05, 3.63) is 89.1 Å². The largest absolute Gasteiger partial charge is 0.468 e. The lowest BCUT2D eigenvalue weighted by Crippen LogP contribution is -2.50. The Balaban J connectivity index is 1.27. The molecule has 0 bridgehead atoms. The summed E-state index contributed by atoms with van der Waals surface area (Å²) in [5.74, 6) is -0.875. The molecule has 184 valence electrons. The minimum atomic E-state index is -0.678. The van der Waals surface area contributed by atoms with Gasteiger partial charge in [0.25, 0.3) is 0 Å². The quantitative estimate of drug-likeness (QED) is 0.465. The fraction of sp³-hybridized carbons (Fsp3) is 0.308. The lowest BCUT2D eigenvalue weighted by molar-refractivity contribution is -0.139. The molecule has 9 heteroatoms. The summed E-state index contributed by atoms with van der Waals surface area (Å²) >= 11 is 5.88. The third-order valence-electron chi connectivity index (χ3n) is 6.09. The molecule has 1 aliphatic rings. The van der Waals surface area contributed by atoms with Crippen LogP contribution in [0.5, 0.6) is 0 Å². The van der Waals surface area contributed by atoms with Crippen LogP contribution in [0.2, 0.25) is 5.02 Å². The second-order valence-electron chi connectivity index (χ2n) is 8.37. The zero-order valence-corrected chi connectivity index (χ0v) is 20.0. The highest BCUT2D eigenvalue weighted by atomic mass is 35.5. The summed E-state index contributed by atoms with van der Waals surface area (Å²) in [6.07, 6.45) is 2.20. The van der Waals surface area contributed by atoms with Crippen LogP contribution in [0.1, 0.15) is 17.4 Å². The van der Waals surface area contributed by atoms with Gasteiger partial charge in [0.1, 0.15) is 11.6 Å². The zero-order valence-electron chi connectivity index (χ0n) is 19.3. The Bertz CT molecular complexity index is 1100. The Morgan fingerprint density at radius 3 is 2.29 bits per heavy atom. The highest BCUT2D eigenvalue weighted by Gasteiger charge is 2.28. The Hall–Kier alpha value is -3.36. The van der Waals surface area contributed by atoms with E-state index in [0.29, 0.717) is 18.0 Å². The van der Waals surface area contributed by atoms with Crippen LogP contribution in [-0.2, 0) is 16.0 Å². The lowest BCUT2D eigenvalue weighted by Gasteiger charge is -2.39. The summed E-state index contributed by atoms with van der Waals surface area (Å²) in [6.45, 7) is 3.55. The van der Waals surface area contributed by atoms with Gasteiger partial charge in [-0.3, -0.25) is 14.5 Å². The fourth-order valence-electron chi connectivity index (χ4n) is 4.16. The van der Waals surface area contributed by atoms with E-state index in [1.165, 1.54) is 12.1 Å². The topological polar surface area (TPSA) is 77.8 Å². The number of carbonyl (C=O) groups is 2. The Kier molecular flexibility index (Phi) is 8.39. The summed E-state index contributed by atoms with van der Waals surface area (Å²) in [5, 5.41) is 6.06. The molecule has 2 amide bonds. The molecule has 0 aliphatic carbocycles. The maximum atomic E-state index is 13.2. The predicted molar refractivity (Wildman–Crippen MR) is 133 cm³/mol. The average molecular weight is 499 g/mol. The van der Waals surface area contributed by atoms with Crippen LogP contribution in [0, 0.1) is 5.82 Å². The molecule has 3 aromatic rings. The van der Waals surface area contributed by atoms with E-state index in [2.05, 4.69) is 20.4 Å². The van der Waals surface area contributed by atoms with E-state index in [9.17, 15) is 14.0 Å². The average Bonchev–Trinajstić information content (AvgIpc) is 3.41. The standard InChI is InChI=1S/C26H28ClFN4O3/c27-20-5-3-19(4-6-20)11-12-29-25(33)26(34)30-18-23(24-2-1-17-35-24)32-15-13-31(14-16-32)22-9-7-21(28)8-10-22/h1-10,17,23H,11-16,18H2,(H,29,33)(H,30,34)/t23-/m0/s1. The van der Waals surface area contributed by atoms with E-state index in [0.717, 1.165) is 43.2 Å². The molecule has 2 heterocycles. The van der Waals surface area contributed by atoms with Crippen molar-refractivity contribution in [3.8, 4) is 0 Å². The number of furan rings is 1. The van der Waals surface area contributed by atoms with Crippen LogP contribution in [-0.4, -0.2) is 56.0 Å².